The molecule has 14 nitrogen and oxygen atoms in total. The number of oxazole rings is 1. The predicted molar refractivity (Wildman–Crippen MR) is 177 cm³/mol. The number of benzene rings is 1. The number of nitrogens with zero attached hydrogens (tertiary/aromatic N) is 6. The molecule has 1 fully saturated rings. The van der Waals surface area contributed by atoms with Crippen LogP contribution in [0.1, 0.15) is 59.2 Å². The number of morpholine rings is 1. The fraction of sp³-hybridized carbons (Fsp3) is 0.469. The lowest BCUT2D eigenvalue weighted by Crippen LogP contribution is -2.37. The highest BCUT2D eigenvalue weighted by Gasteiger charge is 2.23. The summed E-state index contributed by atoms with van der Waals surface area (Å²) in [6, 6.07) is 3.22. The van der Waals surface area contributed by atoms with Gasteiger partial charge in [0.2, 0.25) is 17.6 Å². The third-order valence-electron chi connectivity index (χ3n) is 7.41. The zero-order chi connectivity index (χ0) is 33.1. The zero-order valence-electron chi connectivity index (χ0n) is 27.1. The summed E-state index contributed by atoms with van der Waals surface area (Å²) in [5.74, 6) is 0.506. The molecule has 0 atom stereocenters. The van der Waals surface area contributed by atoms with E-state index < -0.39 is 11.8 Å². The fourth-order valence-corrected chi connectivity index (χ4v) is 4.94. The summed E-state index contributed by atoms with van der Waals surface area (Å²) in [5.41, 5.74) is 13.6. The Morgan fingerprint density at radius 3 is 2.65 bits per heavy atom. The van der Waals surface area contributed by atoms with Crippen LogP contribution < -0.4 is 21.5 Å². The quantitative estimate of drug-likeness (QED) is 0.0972. The van der Waals surface area contributed by atoms with E-state index in [9.17, 15) is 9.59 Å². The average Bonchev–Trinajstić information content (AvgIpc) is 3.60. The van der Waals surface area contributed by atoms with E-state index in [1.807, 2.05) is 48.6 Å². The minimum Gasteiger partial charge on any atom is -0.491 e. The lowest BCUT2D eigenvalue weighted by atomic mass is 10.1. The maximum atomic E-state index is 13.4. The standard InChI is InChI=1S/C32H45N9O5/c1-5-7-11-35-31(34)39(4)12-8-9-14-41-27-25(37-32(41)38-30(43)28-24(6-2)36-22(3)46-28)20-23(29(33)42)21-26(27)45-17-10-13-40-15-18-44-19-16-40/h7-9,11,20-21H,5-6,10,12-19H2,1-4H3,(H2,33,42)(H2,34,35)(H,37,38,43)/b9-8+,11-7+. The number of nitrogens with one attached hydrogen (secondary N) is 1. The highest BCUT2D eigenvalue weighted by Crippen LogP contribution is 2.31. The van der Waals surface area contributed by atoms with Crippen LogP contribution in [-0.4, -0.2) is 95.2 Å². The molecule has 1 aromatic carbocycles. The number of guanidine groups is 1. The number of allylic oxidation sites excluding steroid dienone is 2. The van der Waals surface area contributed by atoms with Gasteiger partial charge < -0.3 is 34.8 Å². The number of aliphatic imine (C=N–C) groups is 1. The number of nitrogens with two attached hydrogens (primary N) is 2. The van der Waals surface area contributed by atoms with Crippen molar-refractivity contribution < 1.29 is 23.5 Å². The number of anilines is 1. The molecule has 2 amide bonds. The van der Waals surface area contributed by atoms with Gasteiger partial charge in [0, 0.05) is 58.5 Å². The van der Waals surface area contributed by atoms with Gasteiger partial charge in [-0.15, -0.1) is 0 Å². The summed E-state index contributed by atoms with van der Waals surface area (Å²) in [5, 5.41) is 2.88. The van der Waals surface area contributed by atoms with E-state index in [2.05, 4.69) is 20.2 Å². The number of imidazole rings is 1. The predicted octanol–water partition coefficient (Wildman–Crippen LogP) is 3.07. The first-order valence-corrected chi connectivity index (χ1v) is 15.6. The minimum absolute atomic E-state index is 0.125. The van der Waals surface area contributed by atoms with E-state index in [0.717, 1.165) is 45.7 Å². The molecule has 3 heterocycles. The van der Waals surface area contributed by atoms with Crippen LogP contribution in [0.5, 0.6) is 5.75 Å². The fourth-order valence-electron chi connectivity index (χ4n) is 4.94. The molecule has 0 bridgehead atoms. The smallest absolute Gasteiger partial charge is 0.295 e. The van der Waals surface area contributed by atoms with Crippen LogP contribution >= 0.6 is 0 Å². The van der Waals surface area contributed by atoms with Crippen molar-refractivity contribution in [2.75, 3.05) is 58.4 Å². The third kappa shape index (κ3) is 8.95. The van der Waals surface area contributed by atoms with E-state index in [-0.39, 0.29) is 17.3 Å². The molecule has 4 rings (SSSR count). The van der Waals surface area contributed by atoms with Gasteiger partial charge in [0.15, 0.2) is 11.9 Å². The van der Waals surface area contributed by atoms with Crippen molar-refractivity contribution in [1.82, 2.24) is 24.3 Å². The highest BCUT2D eigenvalue weighted by atomic mass is 16.5. The van der Waals surface area contributed by atoms with Gasteiger partial charge in [-0.3, -0.25) is 19.8 Å². The molecule has 3 aromatic rings. The van der Waals surface area contributed by atoms with E-state index in [1.165, 1.54) is 0 Å². The number of likely N-dealkylation sites (N-methyl/N-ethyl adjacent to an activating group) is 1. The number of fused-ring (bicyclic) bond motifs is 1. The third-order valence-corrected chi connectivity index (χ3v) is 7.41. The van der Waals surface area contributed by atoms with Gasteiger partial charge in [-0.2, -0.15) is 0 Å². The van der Waals surface area contributed by atoms with Crippen molar-refractivity contribution in [3.05, 3.63) is 59.5 Å². The van der Waals surface area contributed by atoms with Crippen molar-refractivity contribution in [2.24, 2.45) is 16.5 Å². The Bertz CT molecular complexity index is 1580. The van der Waals surface area contributed by atoms with Crippen LogP contribution in [0.25, 0.3) is 11.0 Å². The van der Waals surface area contributed by atoms with Gasteiger partial charge in [0.1, 0.15) is 11.3 Å². The second kappa shape index (κ2) is 16.6. The number of aromatic nitrogens is 3. The number of carbonyl (C=O) groups excluding carboxylic acids is 2. The maximum absolute atomic E-state index is 13.4. The average molecular weight is 636 g/mol. The summed E-state index contributed by atoms with van der Waals surface area (Å²) in [6.45, 7) is 10.9. The SMILES string of the molecule is CC/C=C/N=C(N)N(C)C/C=C/Cn1c(NC(=O)c2oc(C)nc2CC)nc2cc(C(N)=O)cc(OCCCN3CCOCC3)c21. The number of aryl methyl sites for hydroxylation is 2. The molecule has 2 aromatic heterocycles. The van der Waals surface area contributed by atoms with Crippen molar-refractivity contribution in [3.8, 4) is 5.75 Å². The molecular weight excluding hydrogens is 590 g/mol. The van der Waals surface area contributed by atoms with Crippen LogP contribution in [0.15, 0.2) is 46.0 Å². The second-order valence-corrected chi connectivity index (χ2v) is 10.9. The summed E-state index contributed by atoms with van der Waals surface area (Å²) in [4.78, 5) is 43.0. The monoisotopic (exact) mass is 635 g/mol. The number of hydrogen-bond donors (Lipinski definition) is 3. The van der Waals surface area contributed by atoms with Crippen molar-refractivity contribution >= 4 is 34.8 Å². The lowest BCUT2D eigenvalue weighted by molar-refractivity contribution is 0.0358. The summed E-state index contributed by atoms with van der Waals surface area (Å²) < 4.78 is 19.2. The van der Waals surface area contributed by atoms with Crippen LogP contribution in [0.3, 0.4) is 0 Å². The van der Waals surface area contributed by atoms with Gasteiger partial charge in [-0.25, -0.2) is 15.0 Å². The van der Waals surface area contributed by atoms with Crippen molar-refractivity contribution in [2.45, 2.75) is 46.6 Å². The molecule has 0 radical (unpaired) electrons. The first kappa shape index (κ1) is 34.2. The number of primary amides is 1. The van der Waals surface area contributed by atoms with Crippen LogP contribution in [0.2, 0.25) is 0 Å². The van der Waals surface area contributed by atoms with Gasteiger partial charge >= 0.3 is 0 Å². The van der Waals surface area contributed by atoms with E-state index in [1.54, 1.807) is 25.3 Å². The molecule has 14 heteroatoms. The Hall–Kier alpha value is -4.69. The Labute approximate surface area is 269 Å². The zero-order valence-corrected chi connectivity index (χ0v) is 27.1. The van der Waals surface area contributed by atoms with Gasteiger partial charge in [0.05, 0.1) is 31.0 Å². The highest BCUT2D eigenvalue weighted by molar-refractivity contribution is 6.04. The van der Waals surface area contributed by atoms with Crippen LogP contribution in [0, 0.1) is 6.92 Å². The Morgan fingerprint density at radius 2 is 1.93 bits per heavy atom. The molecule has 248 valence electrons. The molecular formula is C32H45N9O5. The topological polar surface area (TPSA) is 179 Å². The lowest BCUT2D eigenvalue weighted by Gasteiger charge is -2.26. The van der Waals surface area contributed by atoms with Crippen LogP contribution in [0.4, 0.5) is 5.95 Å². The molecule has 0 spiro atoms. The first-order chi connectivity index (χ1) is 22.2. The van der Waals surface area contributed by atoms with E-state index in [4.69, 9.17) is 30.3 Å². The Morgan fingerprint density at radius 1 is 1.15 bits per heavy atom. The van der Waals surface area contributed by atoms with Gasteiger partial charge in [-0.1, -0.05) is 32.1 Å². The van der Waals surface area contributed by atoms with Gasteiger partial charge in [-0.05, 0) is 31.4 Å². The Kier molecular flexibility index (Phi) is 12.3. The number of carbonyl (C=O) groups is 2. The second-order valence-electron chi connectivity index (χ2n) is 10.9. The molecule has 1 aliphatic heterocycles. The summed E-state index contributed by atoms with van der Waals surface area (Å²) in [7, 11) is 1.85. The largest absolute Gasteiger partial charge is 0.491 e. The molecule has 0 unspecified atom stereocenters. The number of rotatable bonds is 15. The van der Waals surface area contributed by atoms with Gasteiger partial charge in [0.25, 0.3) is 5.91 Å². The van der Waals surface area contributed by atoms with E-state index >= 15 is 0 Å². The number of amides is 2. The number of ether oxygens (including phenoxy) is 2. The maximum Gasteiger partial charge on any atom is 0.295 e. The Balaban J connectivity index is 1.64. The molecule has 46 heavy (non-hydrogen) atoms. The first-order valence-electron chi connectivity index (χ1n) is 15.6. The summed E-state index contributed by atoms with van der Waals surface area (Å²) in [6.07, 6.45) is 9.65. The van der Waals surface area contributed by atoms with Crippen LogP contribution in [-0.2, 0) is 17.7 Å². The van der Waals surface area contributed by atoms with E-state index in [0.29, 0.717) is 60.4 Å². The molecule has 0 saturated carbocycles. The number of hydrogen-bond acceptors (Lipinski definition) is 9. The molecule has 0 aliphatic carbocycles. The molecule has 1 saturated heterocycles. The van der Waals surface area contributed by atoms with Crippen molar-refractivity contribution in [1.29, 1.82) is 0 Å². The van der Waals surface area contributed by atoms with Crippen molar-refractivity contribution in [3.63, 3.8) is 0 Å². The molecule has 1 aliphatic rings. The molecule has 5 N–H and O–H groups in total. The minimum atomic E-state index is -0.610. The summed E-state index contributed by atoms with van der Waals surface area (Å²) >= 11 is 0. The normalized spacial score (nSPS) is 14.5.